The van der Waals surface area contributed by atoms with Crippen LogP contribution in [0.3, 0.4) is 0 Å². The molecule has 1 aromatic heterocycles. The minimum atomic E-state index is -4.56. The van der Waals surface area contributed by atoms with Gasteiger partial charge in [0.25, 0.3) is 5.91 Å². The summed E-state index contributed by atoms with van der Waals surface area (Å²) in [6.07, 6.45) is -4.56. The average Bonchev–Trinajstić information content (AvgIpc) is 2.95. The van der Waals surface area contributed by atoms with Gasteiger partial charge in [0.1, 0.15) is 5.69 Å². The number of hydrogen-bond donors (Lipinski definition) is 1. The van der Waals surface area contributed by atoms with Crippen molar-refractivity contribution in [2.45, 2.75) is 19.6 Å². The number of hydrogen-bond acceptors (Lipinski definition) is 2. The molecule has 0 bridgehead atoms. The lowest BCUT2D eigenvalue weighted by molar-refractivity contribution is -0.141. The van der Waals surface area contributed by atoms with Gasteiger partial charge in [-0.15, -0.1) is 0 Å². The van der Waals surface area contributed by atoms with Crippen LogP contribution in [-0.4, -0.2) is 27.5 Å². The highest BCUT2D eigenvalue weighted by Crippen LogP contribution is 2.27. The monoisotopic (exact) mass is 297 g/mol. The fraction of sp³-hybridized carbons (Fsp3) is 0.286. The number of halogens is 3. The summed E-state index contributed by atoms with van der Waals surface area (Å²) in [5.41, 5.74) is -0.356. The average molecular weight is 297 g/mol. The summed E-state index contributed by atoms with van der Waals surface area (Å²) in [5, 5.41) is 5.29. The summed E-state index contributed by atoms with van der Waals surface area (Å²) < 4.78 is 37.5. The number of H-pyrrole nitrogens is 1. The van der Waals surface area contributed by atoms with E-state index in [1.165, 1.54) is 4.90 Å². The van der Waals surface area contributed by atoms with Crippen LogP contribution in [0.1, 0.15) is 28.7 Å². The highest BCUT2D eigenvalue weighted by molar-refractivity contribution is 5.92. The molecule has 0 aliphatic rings. The number of amides is 1. The maximum absolute atomic E-state index is 12.5. The number of benzene rings is 1. The second kappa shape index (κ2) is 5.99. The van der Waals surface area contributed by atoms with Crippen LogP contribution in [0.4, 0.5) is 13.2 Å². The van der Waals surface area contributed by atoms with Crippen LogP contribution in [0.2, 0.25) is 0 Å². The first kappa shape index (κ1) is 15.1. The van der Waals surface area contributed by atoms with E-state index >= 15 is 0 Å². The molecule has 112 valence electrons. The maximum atomic E-state index is 12.5. The fourth-order valence-corrected chi connectivity index (χ4v) is 1.88. The summed E-state index contributed by atoms with van der Waals surface area (Å²) in [6, 6.07) is 9.97. The lowest BCUT2D eigenvalue weighted by Gasteiger charge is -2.20. The molecule has 2 aromatic rings. The number of aromatic nitrogens is 2. The second-order valence-electron chi connectivity index (χ2n) is 4.47. The summed E-state index contributed by atoms with van der Waals surface area (Å²) in [5.74, 6) is -0.510. The van der Waals surface area contributed by atoms with E-state index in [1.807, 2.05) is 30.3 Å². The predicted molar refractivity (Wildman–Crippen MR) is 70.4 cm³/mol. The van der Waals surface area contributed by atoms with E-state index in [9.17, 15) is 18.0 Å². The molecule has 0 atom stereocenters. The number of carbonyl (C=O) groups excluding carboxylic acids is 1. The van der Waals surface area contributed by atoms with Gasteiger partial charge in [-0.1, -0.05) is 30.3 Å². The normalized spacial score (nSPS) is 11.4. The van der Waals surface area contributed by atoms with Crippen LogP contribution >= 0.6 is 0 Å². The van der Waals surface area contributed by atoms with Gasteiger partial charge in [0.15, 0.2) is 5.69 Å². The number of carbonyl (C=O) groups is 1. The van der Waals surface area contributed by atoms with Gasteiger partial charge in [-0.2, -0.15) is 18.3 Å². The summed E-state index contributed by atoms with van der Waals surface area (Å²) in [7, 11) is 0. The zero-order chi connectivity index (χ0) is 15.5. The van der Waals surface area contributed by atoms with Crippen LogP contribution in [0.25, 0.3) is 0 Å². The zero-order valence-electron chi connectivity index (χ0n) is 11.3. The van der Waals surface area contributed by atoms with E-state index in [0.717, 1.165) is 11.6 Å². The van der Waals surface area contributed by atoms with E-state index in [1.54, 1.807) is 6.92 Å². The highest BCUT2D eigenvalue weighted by Gasteiger charge is 2.34. The number of aromatic amines is 1. The van der Waals surface area contributed by atoms with Crippen LogP contribution in [-0.2, 0) is 12.7 Å². The third kappa shape index (κ3) is 3.62. The van der Waals surface area contributed by atoms with E-state index in [-0.39, 0.29) is 5.69 Å². The molecule has 1 heterocycles. The molecule has 0 spiro atoms. The standard InChI is InChI=1S/C14H14F3N3O/c1-2-20(9-10-6-4-3-5-7-10)13(21)11-8-12(19-18-11)14(15,16)17/h3-8H,2,9H2,1H3,(H,18,19). The van der Waals surface area contributed by atoms with Crippen molar-refractivity contribution in [3.8, 4) is 0 Å². The predicted octanol–water partition coefficient (Wildman–Crippen LogP) is 3.09. The lowest BCUT2D eigenvalue weighted by Crippen LogP contribution is -2.30. The Morgan fingerprint density at radius 3 is 2.48 bits per heavy atom. The maximum Gasteiger partial charge on any atom is 0.435 e. The van der Waals surface area contributed by atoms with Crippen molar-refractivity contribution in [2.24, 2.45) is 0 Å². The van der Waals surface area contributed by atoms with Gasteiger partial charge in [-0.3, -0.25) is 9.89 Å². The van der Waals surface area contributed by atoms with Gasteiger partial charge in [0, 0.05) is 19.2 Å². The number of nitrogens with one attached hydrogen (secondary N) is 1. The van der Waals surface area contributed by atoms with E-state index < -0.39 is 17.8 Å². The molecule has 1 N–H and O–H groups in total. The van der Waals surface area contributed by atoms with Gasteiger partial charge in [0.05, 0.1) is 0 Å². The molecule has 0 unspecified atom stereocenters. The summed E-state index contributed by atoms with van der Waals surface area (Å²) >= 11 is 0. The first-order valence-electron chi connectivity index (χ1n) is 6.37. The molecule has 0 aliphatic carbocycles. The van der Waals surface area contributed by atoms with Gasteiger partial charge in [-0.25, -0.2) is 0 Å². The van der Waals surface area contributed by atoms with Crippen LogP contribution in [0.5, 0.6) is 0 Å². The second-order valence-corrected chi connectivity index (χ2v) is 4.47. The van der Waals surface area contributed by atoms with Gasteiger partial charge >= 0.3 is 6.18 Å². The molecule has 0 saturated heterocycles. The van der Waals surface area contributed by atoms with Crippen molar-refractivity contribution < 1.29 is 18.0 Å². The van der Waals surface area contributed by atoms with E-state index in [4.69, 9.17) is 0 Å². The minimum absolute atomic E-state index is 0.167. The zero-order valence-corrected chi connectivity index (χ0v) is 11.3. The summed E-state index contributed by atoms with van der Waals surface area (Å²) in [4.78, 5) is 13.7. The Morgan fingerprint density at radius 2 is 1.95 bits per heavy atom. The van der Waals surface area contributed by atoms with E-state index in [0.29, 0.717) is 13.1 Å². The minimum Gasteiger partial charge on any atom is -0.333 e. The Morgan fingerprint density at radius 1 is 1.29 bits per heavy atom. The summed E-state index contributed by atoms with van der Waals surface area (Å²) in [6.45, 7) is 2.48. The van der Waals surface area contributed by atoms with Gasteiger partial charge in [-0.05, 0) is 12.5 Å². The molecular weight excluding hydrogens is 283 g/mol. The van der Waals surface area contributed by atoms with Crippen LogP contribution in [0, 0.1) is 0 Å². The van der Waals surface area contributed by atoms with Crippen molar-refractivity contribution in [1.29, 1.82) is 0 Å². The molecule has 0 fully saturated rings. The lowest BCUT2D eigenvalue weighted by atomic mass is 10.2. The number of nitrogens with zero attached hydrogens (tertiary/aromatic N) is 2. The molecule has 2 rings (SSSR count). The largest absolute Gasteiger partial charge is 0.435 e. The highest BCUT2D eigenvalue weighted by atomic mass is 19.4. The molecule has 1 aromatic carbocycles. The van der Waals surface area contributed by atoms with Crippen molar-refractivity contribution in [2.75, 3.05) is 6.54 Å². The van der Waals surface area contributed by atoms with Crippen LogP contribution in [0.15, 0.2) is 36.4 Å². The topological polar surface area (TPSA) is 49.0 Å². The van der Waals surface area contributed by atoms with E-state index in [2.05, 4.69) is 10.2 Å². The Balaban J connectivity index is 2.15. The molecule has 4 nitrogen and oxygen atoms in total. The van der Waals surface area contributed by atoms with Crippen molar-refractivity contribution in [3.05, 3.63) is 53.3 Å². The van der Waals surface area contributed by atoms with Crippen molar-refractivity contribution >= 4 is 5.91 Å². The Bertz CT molecular complexity index is 607. The molecule has 0 saturated carbocycles. The number of alkyl halides is 3. The Labute approximate surface area is 119 Å². The molecule has 0 radical (unpaired) electrons. The van der Waals surface area contributed by atoms with Crippen LogP contribution < -0.4 is 0 Å². The molecule has 21 heavy (non-hydrogen) atoms. The first-order valence-corrected chi connectivity index (χ1v) is 6.37. The molecular formula is C14H14F3N3O. The fourth-order valence-electron chi connectivity index (χ4n) is 1.88. The Kier molecular flexibility index (Phi) is 4.30. The Hall–Kier alpha value is -2.31. The van der Waals surface area contributed by atoms with Gasteiger partial charge < -0.3 is 4.90 Å². The molecule has 1 amide bonds. The quantitative estimate of drug-likeness (QED) is 0.942. The smallest absolute Gasteiger partial charge is 0.333 e. The third-order valence-corrected chi connectivity index (χ3v) is 2.98. The first-order chi connectivity index (χ1) is 9.91. The van der Waals surface area contributed by atoms with Crippen molar-refractivity contribution in [3.63, 3.8) is 0 Å². The third-order valence-electron chi connectivity index (χ3n) is 2.98. The van der Waals surface area contributed by atoms with Crippen molar-refractivity contribution in [1.82, 2.24) is 15.1 Å². The molecule has 7 heteroatoms. The molecule has 0 aliphatic heterocycles. The SMILES string of the molecule is CCN(Cc1ccccc1)C(=O)c1cc(C(F)(F)F)n[nH]1. The number of rotatable bonds is 4. The van der Waals surface area contributed by atoms with Gasteiger partial charge in [0.2, 0.25) is 0 Å².